The second-order valence-electron chi connectivity index (χ2n) is 4.64. The third-order valence-electron chi connectivity index (χ3n) is 2.85. The zero-order valence-corrected chi connectivity index (χ0v) is 15.3. The summed E-state index contributed by atoms with van der Waals surface area (Å²) >= 11 is 3.19. The van der Waals surface area contributed by atoms with E-state index in [0.717, 1.165) is 12.2 Å². The van der Waals surface area contributed by atoms with Gasteiger partial charge in [-0.2, -0.15) is 0 Å². The first-order valence-electron chi connectivity index (χ1n) is 7.43. The number of rotatable bonds is 8. The average molecular weight is 413 g/mol. The molecule has 0 aliphatic heterocycles. The van der Waals surface area contributed by atoms with Gasteiger partial charge in [-0.15, -0.1) is 0 Å². The van der Waals surface area contributed by atoms with Gasteiger partial charge in [-0.1, -0.05) is 22.9 Å². The van der Waals surface area contributed by atoms with Crippen LogP contribution in [0.2, 0.25) is 0 Å². The van der Waals surface area contributed by atoms with Crippen molar-refractivity contribution >= 4 is 40.1 Å². The minimum atomic E-state index is -1.15. The van der Waals surface area contributed by atoms with Gasteiger partial charge < -0.3 is 14.2 Å². The molecule has 8 heteroatoms. The summed E-state index contributed by atoms with van der Waals surface area (Å²) in [7, 11) is 0. The summed E-state index contributed by atoms with van der Waals surface area (Å²) in [4.78, 5) is 45.7. The molecule has 0 saturated heterocycles. The molecular weight excluding hydrogens is 396 g/mol. The van der Waals surface area contributed by atoms with Crippen LogP contribution in [0, 0.1) is 0 Å². The monoisotopic (exact) mass is 412 g/mol. The van der Waals surface area contributed by atoms with Gasteiger partial charge in [-0.3, -0.25) is 4.79 Å². The van der Waals surface area contributed by atoms with Crippen LogP contribution in [0.5, 0.6) is 5.75 Å². The van der Waals surface area contributed by atoms with Crippen LogP contribution in [0.4, 0.5) is 0 Å². The van der Waals surface area contributed by atoms with E-state index in [-0.39, 0.29) is 18.8 Å². The number of aldehydes is 1. The molecule has 0 radical (unpaired) electrons. The van der Waals surface area contributed by atoms with E-state index in [0.29, 0.717) is 16.3 Å². The Balaban J connectivity index is 2.69. The van der Waals surface area contributed by atoms with Gasteiger partial charge in [0.2, 0.25) is 0 Å². The lowest BCUT2D eigenvalue weighted by atomic mass is 10.2. The number of carbonyl (C=O) groups excluding carboxylic acids is 4. The number of halogens is 1. The zero-order chi connectivity index (χ0) is 18.8. The summed E-state index contributed by atoms with van der Waals surface area (Å²) in [6.45, 7) is 3.44. The van der Waals surface area contributed by atoms with Crippen molar-refractivity contribution in [1.29, 1.82) is 0 Å². The van der Waals surface area contributed by atoms with Crippen LogP contribution in [0.1, 0.15) is 30.6 Å². The highest BCUT2D eigenvalue weighted by molar-refractivity contribution is 9.10. The number of ether oxygens (including phenoxy) is 3. The molecule has 0 fully saturated rings. The molecule has 1 aromatic rings. The van der Waals surface area contributed by atoms with Gasteiger partial charge in [0.25, 0.3) is 0 Å². The second-order valence-corrected chi connectivity index (χ2v) is 5.50. The van der Waals surface area contributed by atoms with Gasteiger partial charge in [0, 0.05) is 22.2 Å². The number of hydrogen-bond acceptors (Lipinski definition) is 7. The van der Waals surface area contributed by atoms with E-state index in [2.05, 4.69) is 20.7 Å². The van der Waals surface area contributed by atoms with Crippen LogP contribution in [0.25, 0.3) is 0 Å². The number of hydrogen-bond donors (Lipinski definition) is 0. The summed E-state index contributed by atoms with van der Waals surface area (Å²) in [5.41, 5.74) is 0.313. The molecule has 0 aromatic heterocycles. The molecule has 0 bridgehead atoms. The molecule has 0 aliphatic carbocycles. The zero-order valence-electron chi connectivity index (χ0n) is 13.7. The van der Waals surface area contributed by atoms with Crippen molar-refractivity contribution < 1.29 is 33.4 Å². The molecule has 134 valence electrons. The predicted octanol–water partition coefficient (Wildman–Crippen LogP) is 2.61. The Labute approximate surface area is 153 Å². The standard InChI is InChI=1S/C17H17BrO7/c1-3-14(25-16(21)8-7-15(20)23-4-2)17(22)24-12-5-6-13(18)11(9-12)10-19/h5-10,14H,3-4H2,1-2H3/b8-7+. The van der Waals surface area contributed by atoms with Gasteiger partial charge in [0.05, 0.1) is 6.61 Å². The quantitative estimate of drug-likeness (QED) is 0.280. The Morgan fingerprint density at radius 1 is 1.16 bits per heavy atom. The van der Waals surface area contributed by atoms with Crippen molar-refractivity contribution in [2.24, 2.45) is 0 Å². The molecular formula is C17H17BrO7. The molecule has 0 amide bonds. The fourth-order valence-electron chi connectivity index (χ4n) is 1.66. The van der Waals surface area contributed by atoms with E-state index in [1.165, 1.54) is 12.1 Å². The topological polar surface area (TPSA) is 96.0 Å². The lowest BCUT2D eigenvalue weighted by Gasteiger charge is -2.14. The summed E-state index contributed by atoms with van der Waals surface area (Å²) in [6, 6.07) is 4.43. The van der Waals surface area contributed by atoms with E-state index in [1.54, 1.807) is 19.9 Å². The summed E-state index contributed by atoms with van der Waals surface area (Å²) in [5, 5.41) is 0. The van der Waals surface area contributed by atoms with Gasteiger partial charge in [-0.25, -0.2) is 14.4 Å². The van der Waals surface area contributed by atoms with Crippen LogP contribution in [0.15, 0.2) is 34.8 Å². The Morgan fingerprint density at radius 2 is 1.84 bits per heavy atom. The maximum atomic E-state index is 12.1. The van der Waals surface area contributed by atoms with Gasteiger partial charge >= 0.3 is 17.9 Å². The van der Waals surface area contributed by atoms with Gasteiger partial charge in [-0.05, 0) is 31.5 Å². The highest BCUT2D eigenvalue weighted by Crippen LogP contribution is 2.22. The van der Waals surface area contributed by atoms with Crippen LogP contribution in [-0.4, -0.2) is 36.9 Å². The third kappa shape index (κ3) is 6.88. The van der Waals surface area contributed by atoms with Crippen molar-refractivity contribution in [2.75, 3.05) is 6.61 Å². The lowest BCUT2D eigenvalue weighted by molar-refractivity contribution is -0.159. The minimum Gasteiger partial charge on any atom is -0.463 e. The molecule has 1 rings (SSSR count). The smallest absolute Gasteiger partial charge is 0.352 e. The normalized spacial score (nSPS) is 11.6. The van der Waals surface area contributed by atoms with Crippen LogP contribution in [-0.2, 0) is 23.9 Å². The van der Waals surface area contributed by atoms with Crippen molar-refractivity contribution in [3.8, 4) is 5.75 Å². The molecule has 0 aliphatic rings. The Kier molecular flexibility index (Phi) is 8.55. The summed E-state index contributed by atoms with van der Waals surface area (Å²) in [6.07, 6.45) is 1.42. The molecule has 0 N–H and O–H groups in total. The van der Waals surface area contributed by atoms with E-state index < -0.39 is 24.0 Å². The van der Waals surface area contributed by atoms with E-state index in [1.807, 2.05) is 0 Å². The van der Waals surface area contributed by atoms with Crippen LogP contribution >= 0.6 is 15.9 Å². The second kappa shape index (κ2) is 10.4. The first-order chi connectivity index (χ1) is 11.9. The maximum absolute atomic E-state index is 12.1. The van der Waals surface area contributed by atoms with Crippen molar-refractivity contribution in [1.82, 2.24) is 0 Å². The molecule has 0 heterocycles. The Bertz CT molecular complexity index is 682. The molecule has 1 unspecified atom stereocenters. The number of benzene rings is 1. The number of carbonyl (C=O) groups is 4. The average Bonchev–Trinajstić information content (AvgIpc) is 2.59. The van der Waals surface area contributed by atoms with Crippen LogP contribution in [0.3, 0.4) is 0 Å². The van der Waals surface area contributed by atoms with E-state index in [9.17, 15) is 19.2 Å². The first-order valence-corrected chi connectivity index (χ1v) is 8.22. The summed E-state index contributed by atoms with van der Waals surface area (Å²) in [5.74, 6) is -2.21. The van der Waals surface area contributed by atoms with E-state index >= 15 is 0 Å². The third-order valence-corrected chi connectivity index (χ3v) is 3.57. The molecule has 7 nitrogen and oxygen atoms in total. The molecule has 1 aromatic carbocycles. The van der Waals surface area contributed by atoms with Crippen molar-refractivity contribution in [3.05, 3.63) is 40.4 Å². The highest BCUT2D eigenvalue weighted by atomic mass is 79.9. The fraction of sp³-hybridized carbons (Fsp3) is 0.294. The Hall–Kier alpha value is -2.48. The largest absolute Gasteiger partial charge is 0.463 e. The van der Waals surface area contributed by atoms with Gasteiger partial charge in [0.15, 0.2) is 12.4 Å². The van der Waals surface area contributed by atoms with Crippen molar-refractivity contribution in [3.63, 3.8) is 0 Å². The number of esters is 3. The molecule has 25 heavy (non-hydrogen) atoms. The minimum absolute atomic E-state index is 0.145. The van der Waals surface area contributed by atoms with Crippen LogP contribution < -0.4 is 4.74 Å². The fourth-order valence-corrected chi connectivity index (χ4v) is 2.00. The highest BCUT2D eigenvalue weighted by Gasteiger charge is 2.23. The molecule has 1 atom stereocenters. The molecule has 0 spiro atoms. The predicted molar refractivity (Wildman–Crippen MR) is 91.1 cm³/mol. The molecule has 0 saturated carbocycles. The van der Waals surface area contributed by atoms with E-state index in [4.69, 9.17) is 9.47 Å². The SMILES string of the molecule is CCOC(=O)/C=C/C(=O)OC(CC)C(=O)Oc1ccc(Br)c(C=O)c1. The first kappa shape index (κ1) is 20.6. The lowest BCUT2D eigenvalue weighted by Crippen LogP contribution is -2.30. The summed E-state index contributed by atoms with van der Waals surface area (Å²) < 4.78 is 15.3. The Morgan fingerprint density at radius 3 is 2.44 bits per heavy atom. The maximum Gasteiger partial charge on any atom is 0.352 e. The van der Waals surface area contributed by atoms with Gasteiger partial charge in [0.1, 0.15) is 5.75 Å². The van der Waals surface area contributed by atoms with Crippen molar-refractivity contribution in [2.45, 2.75) is 26.4 Å².